The van der Waals surface area contributed by atoms with E-state index >= 15 is 0 Å². The third kappa shape index (κ3) is 3.44. The molecule has 0 bridgehead atoms. The van der Waals surface area contributed by atoms with E-state index in [-0.39, 0.29) is 5.92 Å². The monoisotopic (exact) mass is 159 g/mol. The van der Waals surface area contributed by atoms with Gasteiger partial charge < -0.3 is 21.0 Å². The Bertz CT molecular complexity index is 167. The number of carbonyl (C=O) groups excluding carboxylic acids is 2. The molecule has 0 spiro atoms. The number of nitrogens with two attached hydrogens (primary N) is 1. The van der Waals surface area contributed by atoms with Crippen molar-refractivity contribution in [2.45, 2.75) is 19.9 Å². The van der Waals surface area contributed by atoms with E-state index in [9.17, 15) is 14.7 Å². The molecule has 5 heteroatoms. The summed E-state index contributed by atoms with van der Waals surface area (Å²) in [5.41, 5.74) is 4.73. The molecule has 5 nitrogen and oxygen atoms in total. The van der Waals surface area contributed by atoms with Gasteiger partial charge in [-0.25, -0.2) is 4.79 Å². The van der Waals surface area contributed by atoms with Gasteiger partial charge in [0, 0.05) is 0 Å². The van der Waals surface area contributed by atoms with Crippen LogP contribution in [0, 0.1) is 5.92 Å². The van der Waals surface area contributed by atoms with Crippen LogP contribution >= 0.6 is 0 Å². The number of hydrogen-bond acceptors (Lipinski definition) is 3. The van der Waals surface area contributed by atoms with Crippen LogP contribution in [-0.4, -0.2) is 18.0 Å². The third-order valence-corrected chi connectivity index (χ3v) is 1.22. The first-order valence-electron chi connectivity index (χ1n) is 3.22. The van der Waals surface area contributed by atoms with Gasteiger partial charge >= 0.3 is 6.03 Å². The molecule has 2 amide bonds. The second-order valence-electron chi connectivity index (χ2n) is 2.55. The van der Waals surface area contributed by atoms with Crippen molar-refractivity contribution in [1.82, 2.24) is 5.32 Å². The molecule has 0 saturated heterocycles. The lowest BCUT2D eigenvalue weighted by Gasteiger charge is -2.21. The van der Waals surface area contributed by atoms with E-state index in [1.54, 1.807) is 13.8 Å². The van der Waals surface area contributed by atoms with Crippen LogP contribution in [0.3, 0.4) is 0 Å². The van der Waals surface area contributed by atoms with Gasteiger partial charge in [-0.05, 0) is 5.92 Å². The summed E-state index contributed by atoms with van der Waals surface area (Å²) in [7, 11) is 0. The molecule has 64 valence electrons. The molecule has 0 saturated carbocycles. The van der Waals surface area contributed by atoms with Crippen molar-refractivity contribution in [3.8, 4) is 0 Å². The van der Waals surface area contributed by atoms with Gasteiger partial charge in [0.2, 0.25) is 0 Å². The zero-order valence-electron chi connectivity index (χ0n) is 6.46. The first-order valence-corrected chi connectivity index (χ1v) is 3.22. The Kier molecular flexibility index (Phi) is 3.36. The Hall–Kier alpha value is -1.26. The summed E-state index contributed by atoms with van der Waals surface area (Å²) in [5, 5.41) is 12.4. The van der Waals surface area contributed by atoms with Gasteiger partial charge in [0.05, 0.1) is 12.0 Å². The second-order valence-corrected chi connectivity index (χ2v) is 2.55. The molecule has 0 fully saturated rings. The highest BCUT2D eigenvalue weighted by atomic mass is 16.4. The Morgan fingerprint density at radius 1 is 1.45 bits per heavy atom. The Morgan fingerprint density at radius 3 is 2.00 bits per heavy atom. The number of nitrogens with one attached hydrogen (secondary N) is 1. The summed E-state index contributed by atoms with van der Waals surface area (Å²) in [4.78, 5) is 20.5. The highest BCUT2D eigenvalue weighted by molar-refractivity contribution is 5.80. The molecular weight excluding hydrogens is 148 g/mol. The van der Waals surface area contributed by atoms with Crippen LogP contribution in [0.4, 0.5) is 4.79 Å². The van der Waals surface area contributed by atoms with E-state index in [0.717, 1.165) is 0 Å². The van der Waals surface area contributed by atoms with E-state index in [1.807, 2.05) is 0 Å². The maximum Gasteiger partial charge on any atom is 0.312 e. The highest BCUT2D eigenvalue weighted by Crippen LogP contribution is 1.99. The summed E-state index contributed by atoms with van der Waals surface area (Å²) < 4.78 is 0. The van der Waals surface area contributed by atoms with Crippen molar-refractivity contribution in [2.75, 3.05) is 0 Å². The van der Waals surface area contributed by atoms with Gasteiger partial charge in [0.25, 0.3) is 0 Å². The van der Waals surface area contributed by atoms with Crippen molar-refractivity contribution in [3.05, 3.63) is 0 Å². The minimum Gasteiger partial charge on any atom is -0.548 e. The number of carboxylic acids is 1. The number of hydrogen-bond donors (Lipinski definition) is 2. The molecule has 0 rings (SSSR count). The number of urea groups is 1. The molecule has 0 aromatic carbocycles. The Labute approximate surface area is 64.6 Å². The van der Waals surface area contributed by atoms with Crippen molar-refractivity contribution in [2.24, 2.45) is 11.7 Å². The van der Waals surface area contributed by atoms with Gasteiger partial charge in [-0.1, -0.05) is 13.8 Å². The molecule has 0 aliphatic carbocycles. The number of carbonyl (C=O) groups is 2. The van der Waals surface area contributed by atoms with Crippen molar-refractivity contribution in [3.63, 3.8) is 0 Å². The van der Waals surface area contributed by atoms with Crippen LogP contribution < -0.4 is 16.2 Å². The quantitative estimate of drug-likeness (QED) is 0.520. The molecule has 0 aromatic rings. The van der Waals surface area contributed by atoms with Gasteiger partial charge in [0.15, 0.2) is 0 Å². The lowest BCUT2D eigenvalue weighted by Crippen LogP contribution is -2.52. The summed E-state index contributed by atoms with van der Waals surface area (Å²) in [6.45, 7) is 3.30. The standard InChI is InChI=1S/C6H12N2O3/c1-3(2)4(5(9)10)8-6(7)11/h3-4H,1-2H3,(H,9,10)(H3,7,8,11)/p-1/t4-/m1/s1. The summed E-state index contributed by atoms with van der Waals surface area (Å²) >= 11 is 0. The van der Waals surface area contributed by atoms with Gasteiger partial charge in [-0.2, -0.15) is 0 Å². The third-order valence-electron chi connectivity index (χ3n) is 1.22. The van der Waals surface area contributed by atoms with Crippen LogP contribution in [0.2, 0.25) is 0 Å². The molecule has 0 radical (unpaired) electrons. The lowest BCUT2D eigenvalue weighted by molar-refractivity contribution is -0.309. The van der Waals surface area contributed by atoms with E-state index in [2.05, 4.69) is 5.32 Å². The van der Waals surface area contributed by atoms with Gasteiger partial charge in [-0.3, -0.25) is 0 Å². The maximum absolute atomic E-state index is 10.3. The molecule has 0 aliphatic heterocycles. The highest BCUT2D eigenvalue weighted by Gasteiger charge is 2.14. The lowest BCUT2D eigenvalue weighted by atomic mass is 10.1. The molecule has 3 N–H and O–H groups in total. The maximum atomic E-state index is 10.3. The number of aliphatic carboxylic acids is 1. The van der Waals surface area contributed by atoms with Crippen molar-refractivity contribution < 1.29 is 14.7 Å². The normalized spacial score (nSPS) is 12.6. The number of primary amides is 1. The predicted octanol–water partition coefficient (Wildman–Crippen LogP) is -1.57. The van der Waals surface area contributed by atoms with E-state index < -0.39 is 18.0 Å². The van der Waals surface area contributed by atoms with E-state index in [1.165, 1.54) is 0 Å². The summed E-state index contributed by atoms with van der Waals surface area (Å²) in [6, 6.07) is -1.86. The summed E-state index contributed by atoms with van der Waals surface area (Å²) in [6.07, 6.45) is 0. The SMILES string of the molecule is CC(C)[C@@H](NC(N)=O)C(=O)[O-]. The topological polar surface area (TPSA) is 95.2 Å². The largest absolute Gasteiger partial charge is 0.548 e. The minimum atomic E-state index is -1.32. The smallest absolute Gasteiger partial charge is 0.312 e. The van der Waals surface area contributed by atoms with Crippen molar-refractivity contribution in [1.29, 1.82) is 0 Å². The molecule has 11 heavy (non-hydrogen) atoms. The van der Waals surface area contributed by atoms with Crippen LogP contribution in [0.25, 0.3) is 0 Å². The van der Waals surface area contributed by atoms with Crippen LogP contribution in [0.1, 0.15) is 13.8 Å². The molecule has 0 heterocycles. The molecule has 1 atom stereocenters. The minimum absolute atomic E-state index is 0.229. The fourth-order valence-corrected chi connectivity index (χ4v) is 0.651. The fraction of sp³-hybridized carbons (Fsp3) is 0.667. The van der Waals surface area contributed by atoms with E-state index in [4.69, 9.17) is 5.73 Å². The number of amides is 2. The second kappa shape index (κ2) is 3.80. The van der Waals surface area contributed by atoms with Crippen LogP contribution in [-0.2, 0) is 4.79 Å². The average Bonchev–Trinajstić information content (AvgIpc) is 1.81. The molecule has 0 unspecified atom stereocenters. The fourth-order valence-electron chi connectivity index (χ4n) is 0.651. The van der Waals surface area contributed by atoms with Crippen LogP contribution in [0.15, 0.2) is 0 Å². The zero-order valence-corrected chi connectivity index (χ0v) is 6.46. The molecule has 0 aliphatic rings. The van der Waals surface area contributed by atoms with Crippen LogP contribution in [0.5, 0.6) is 0 Å². The first kappa shape index (κ1) is 9.74. The summed E-state index contributed by atoms with van der Waals surface area (Å²) in [5.74, 6) is -1.55. The molecular formula is C6H11N2O3-. The Morgan fingerprint density at radius 2 is 1.91 bits per heavy atom. The predicted molar refractivity (Wildman–Crippen MR) is 36.4 cm³/mol. The van der Waals surface area contributed by atoms with E-state index in [0.29, 0.717) is 0 Å². The zero-order chi connectivity index (χ0) is 9.02. The molecule has 0 aromatic heterocycles. The Balaban J connectivity index is 4.12. The van der Waals surface area contributed by atoms with Gasteiger partial charge in [-0.15, -0.1) is 0 Å². The number of rotatable bonds is 3. The van der Waals surface area contributed by atoms with Crippen molar-refractivity contribution >= 4 is 12.0 Å². The average molecular weight is 159 g/mol. The van der Waals surface area contributed by atoms with Gasteiger partial charge in [0.1, 0.15) is 0 Å². The first-order chi connectivity index (χ1) is 4.95. The number of carboxylic acid groups (broad SMARTS) is 1.